The SMILES string of the molecule is [C-]#[N+]c1ccc(N(Cc2ccccc2)C(=O)OC2CN3CCC2CC3)cc1. The minimum absolute atomic E-state index is 0.0270. The number of nitrogens with zero attached hydrogens (tertiary/aromatic N) is 3. The fourth-order valence-electron chi connectivity index (χ4n) is 3.97. The van der Waals surface area contributed by atoms with Crippen LogP contribution >= 0.6 is 0 Å². The van der Waals surface area contributed by atoms with Crippen molar-refractivity contribution in [3.63, 3.8) is 0 Å². The van der Waals surface area contributed by atoms with E-state index in [0.717, 1.165) is 43.7 Å². The fraction of sp³-hybridized carbons (Fsp3) is 0.364. The van der Waals surface area contributed by atoms with Gasteiger partial charge in [-0.3, -0.25) is 9.80 Å². The summed E-state index contributed by atoms with van der Waals surface area (Å²) in [6, 6.07) is 17.0. The molecule has 2 aromatic carbocycles. The van der Waals surface area contributed by atoms with Gasteiger partial charge in [0.1, 0.15) is 6.10 Å². The first-order valence-electron chi connectivity index (χ1n) is 9.45. The number of anilines is 1. The van der Waals surface area contributed by atoms with Crippen LogP contribution in [-0.4, -0.2) is 36.7 Å². The van der Waals surface area contributed by atoms with E-state index < -0.39 is 0 Å². The molecule has 0 radical (unpaired) electrons. The third-order valence-electron chi connectivity index (χ3n) is 5.54. The molecule has 1 atom stereocenters. The Morgan fingerprint density at radius 1 is 1.11 bits per heavy atom. The molecule has 0 spiro atoms. The molecule has 3 saturated heterocycles. The number of hydrogen-bond donors (Lipinski definition) is 0. The number of carbonyl (C=O) groups excluding carboxylic acids is 1. The van der Waals surface area contributed by atoms with Crippen LogP contribution in [0.3, 0.4) is 0 Å². The van der Waals surface area contributed by atoms with Gasteiger partial charge in [-0.1, -0.05) is 42.5 Å². The number of rotatable bonds is 4. The predicted molar refractivity (Wildman–Crippen MR) is 105 cm³/mol. The van der Waals surface area contributed by atoms with Gasteiger partial charge in [-0.25, -0.2) is 9.64 Å². The normalized spacial score (nSPS) is 23.4. The first-order valence-corrected chi connectivity index (χ1v) is 9.45. The molecular formula is C22H23N3O2. The smallest absolute Gasteiger partial charge is 0.414 e. The highest BCUT2D eigenvalue weighted by atomic mass is 16.6. The van der Waals surface area contributed by atoms with Crippen LogP contribution in [0.15, 0.2) is 54.6 Å². The second kappa shape index (κ2) is 7.81. The van der Waals surface area contributed by atoms with E-state index in [1.54, 1.807) is 17.0 Å². The van der Waals surface area contributed by atoms with Crippen LogP contribution in [0.25, 0.3) is 4.85 Å². The van der Waals surface area contributed by atoms with Gasteiger partial charge in [-0.2, -0.15) is 0 Å². The molecule has 0 saturated carbocycles. The number of benzene rings is 2. The van der Waals surface area contributed by atoms with Gasteiger partial charge in [-0.15, -0.1) is 0 Å². The van der Waals surface area contributed by atoms with Crippen molar-refractivity contribution in [3.8, 4) is 0 Å². The molecule has 3 aliphatic rings. The van der Waals surface area contributed by atoms with Crippen LogP contribution in [0.4, 0.5) is 16.2 Å². The topological polar surface area (TPSA) is 37.1 Å². The van der Waals surface area contributed by atoms with Gasteiger partial charge in [0.25, 0.3) is 0 Å². The molecule has 0 aliphatic carbocycles. The summed E-state index contributed by atoms with van der Waals surface area (Å²) in [5.41, 5.74) is 2.35. The maximum Gasteiger partial charge on any atom is 0.414 e. The van der Waals surface area contributed by atoms with Crippen molar-refractivity contribution in [2.24, 2.45) is 5.92 Å². The van der Waals surface area contributed by atoms with Crippen LogP contribution in [0, 0.1) is 12.5 Å². The lowest BCUT2D eigenvalue weighted by Gasteiger charge is -2.44. The minimum atomic E-state index is -0.312. The number of fused-ring (bicyclic) bond motifs is 3. The van der Waals surface area contributed by atoms with E-state index in [0.29, 0.717) is 18.2 Å². The summed E-state index contributed by atoms with van der Waals surface area (Å²) in [4.78, 5) is 20.5. The lowest BCUT2D eigenvalue weighted by Crippen LogP contribution is -2.53. The highest BCUT2D eigenvalue weighted by molar-refractivity contribution is 5.88. The first-order chi connectivity index (χ1) is 13.2. The zero-order valence-electron chi connectivity index (χ0n) is 15.3. The Kier molecular flexibility index (Phi) is 5.08. The van der Waals surface area contributed by atoms with Crippen LogP contribution < -0.4 is 4.90 Å². The van der Waals surface area contributed by atoms with E-state index in [2.05, 4.69) is 9.74 Å². The van der Waals surface area contributed by atoms with Crippen molar-refractivity contribution >= 4 is 17.5 Å². The average Bonchev–Trinajstić information content (AvgIpc) is 2.74. The Morgan fingerprint density at radius 3 is 2.41 bits per heavy atom. The predicted octanol–water partition coefficient (Wildman–Crippen LogP) is 4.47. The molecule has 5 nitrogen and oxygen atoms in total. The quantitative estimate of drug-likeness (QED) is 0.754. The van der Waals surface area contributed by atoms with Crippen molar-refractivity contribution < 1.29 is 9.53 Å². The number of piperidine rings is 3. The fourth-order valence-corrected chi connectivity index (χ4v) is 3.97. The molecule has 3 heterocycles. The van der Waals surface area contributed by atoms with E-state index in [4.69, 9.17) is 11.3 Å². The Labute approximate surface area is 160 Å². The van der Waals surface area contributed by atoms with E-state index in [9.17, 15) is 4.79 Å². The second-order valence-corrected chi connectivity index (χ2v) is 7.26. The summed E-state index contributed by atoms with van der Waals surface area (Å²) in [7, 11) is 0. The summed E-state index contributed by atoms with van der Waals surface area (Å²) in [5, 5.41) is 0. The Bertz CT molecular complexity index is 821. The Morgan fingerprint density at radius 2 is 1.81 bits per heavy atom. The monoisotopic (exact) mass is 361 g/mol. The molecule has 2 bridgehead atoms. The largest absolute Gasteiger partial charge is 0.444 e. The highest BCUT2D eigenvalue weighted by Crippen LogP contribution is 2.31. The second-order valence-electron chi connectivity index (χ2n) is 7.26. The third kappa shape index (κ3) is 3.96. The number of hydrogen-bond acceptors (Lipinski definition) is 3. The number of amides is 1. The van der Waals surface area contributed by atoms with Gasteiger partial charge >= 0.3 is 6.09 Å². The summed E-state index contributed by atoms with van der Waals surface area (Å²) in [6.07, 6.45) is 1.88. The van der Waals surface area contributed by atoms with E-state index in [1.165, 1.54) is 0 Å². The molecule has 0 N–H and O–H groups in total. The molecular weight excluding hydrogens is 338 g/mol. The van der Waals surface area contributed by atoms with Crippen molar-refractivity contribution in [2.45, 2.75) is 25.5 Å². The summed E-state index contributed by atoms with van der Waals surface area (Å²) < 4.78 is 5.96. The zero-order chi connectivity index (χ0) is 18.6. The van der Waals surface area contributed by atoms with Gasteiger partial charge in [0.2, 0.25) is 0 Å². The molecule has 1 amide bonds. The van der Waals surface area contributed by atoms with Gasteiger partial charge < -0.3 is 4.74 Å². The van der Waals surface area contributed by atoms with Crippen LogP contribution in [-0.2, 0) is 11.3 Å². The average molecular weight is 361 g/mol. The standard InChI is InChI=1S/C22H23N3O2/c1-23-19-7-9-20(10-8-19)25(15-17-5-3-2-4-6-17)22(26)27-21-16-24-13-11-18(21)12-14-24/h2-10,18,21H,11-16H2. The third-order valence-corrected chi connectivity index (χ3v) is 5.54. The van der Waals surface area contributed by atoms with Gasteiger partial charge in [0.15, 0.2) is 5.69 Å². The van der Waals surface area contributed by atoms with E-state index in [-0.39, 0.29) is 12.2 Å². The lowest BCUT2D eigenvalue weighted by molar-refractivity contribution is -0.0311. The maximum absolute atomic E-state index is 13.1. The van der Waals surface area contributed by atoms with Crippen LogP contribution in [0.1, 0.15) is 18.4 Å². The summed E-state index contributed by atoms with van der Waals surface area (Å²) >= 11 is 0. The van der Waals surface area contributed by atoms with Gasteiger partial charge in [0, 0.05) is 12.2 Å². The van der Waals surface area contributed by atoms with Crippen LogP contribution in [0.5, 0.6) is 0 Å². The van der Waals surface area contributed by atoms with Gasteiger partial charge in [0.05, 0.1) is 13.1 Å². The van der Waals surface area contributed by atoms with Crippen molar-refractivity contribution in [3.05, 3.63) is 71.6 Å². The maximum atomic E-state index is 13.1. The van der Waals surface area contributed by atoms with Crippen molar-refractivity contribution in [2.75, 3.05) is 24.5 Å². The van der Waals surface area contributed by atoms with Gasteiger partial charge in [-0.05, 0) is 49.5 Å². The number of ether oxygens (including phenoxy) is 1. The molecule has 3 aliphatic heterocycles. The highest BCUT2D eigenvalue weighted by Gasteiger charge is 2.37. The Balaban J connectivity index is 1.54. The van der Waals surface area contributed by atoms with Crippen LogP contribution in [0.2, 0.25) is 0 Å². The molecule has 5 heteroatoms. The Hall–Kier alpha value is -2.84. The van der Waals surface area contributed by atoms with E-state index >= 15 is 0 Å². The van der Waals surface area contributed by atoms with Crippen molar-refractivity contribution in [1.82, 2.24) is 4.90 Å². The molecule has 2 aromatic rings. The zero-order valence-corrected chi connectivity index (χ0v) is 15.3. The number of carbonyl (C=O) groups is 1. The molecule has 27 heavy (non-hydrogen) atoms. The molecule has 1 unspecified atom stereocenters. The molecule has 5 rings (SSSR count). The lowest BCUT2D eigenvalue weighted by atomic mass is 9.86. The molecule has 138 valence electrons. The van der Waals surface area contributed by atoms with E-state index in [1.807, 2.05) is 42.5 Å². The minimum Gasteiger partial charge on any atom is -0.444 e. The summed E-state index contributed by atoms with van der Waals surface area (Å²) in [6.45, 7) is 10.6. The summed E-state index contributed by atoms with van der Waals surface area (Å²) in [5.74, 6) is 0.474. The van der Waals surface area contributed by atoms with Crippen molar-refractivity contribution in [1.29, 1.82) is 0 Å². The molecule has 3 fully saturated rings. The molecule has 0 aromatic heterocycles. The first kappa shape index (κ1) is 17.6.